The van der Waals surface area contributed by atoms with Crippen molar-refractivity contribution in [2.24, 2.45) is 4.99 Å². The number of pyridine rings is 1. The maximum absolute atomic E-state index is 4.79. The van der Waals surface area contributed by atoms with E-state index in [0.717, 1.165) is 55.9 Å². The van der Waals surface area contributed by atoms with Crippen molar-refractivity contribution in [1.82, 2.24) is 30.1 Å². The van der Waals surface area contributed by atoms with Crippen molar-refractivity contribution in [2.45, 2.75) is 64.1 Å². The number of nitrogens with zero attached hydrogens (tertiary/aromatic N) is 5. The third-order valence-electron chi connectivity index (χ3n) is 5.54. The van der Waals surface area contributed by atoms with Crippen molar-refractivity contribution >= 4 is 35.6 Å². The van der Waals surface area contributed by atoms with E-state index in [2.05, 4.69) is 44.0 Å². The van der Waals surface area contributed by atoms with Gasteiger partial charge in [-0.1, -0.05) is 6.07 Å². The van der Waals surface area contributed by atoms with Crippen LogP contribution < -0.4 is 10.6 Å². The molecular weight excluding hydrogens is 465 g/mol. The molecule has 2 N–H and O–H groups in total. The van der Waals surface area contributed by atoms with Gasteiger partial charge in [0.05, 0.1) is 0 Å². The molecule has 7 nitrogen and oxygen atoms in total. The van der Waals surface area contributed by atoms with E-state index in [1.165, 1.54) is 19.3 Å². The smallest absolute Gasteiger partial charge is 0.191 e. The first-order chi connectivity index (χ1) is 13.2. The number of fused-ring (bicyclic) bond motifs is 1. The number of aromatic nitrogens is 3. The Labute approximate surface area is 184 Å². The minimum absolute atomic E-state index is 0. The molecule has 1 aliphatic heterocycles. The lowest BCUT2D eigenvalue weighted by molar-refractivity contribution is 0.256. The van der Waals surface area contributed by atoms with Crippen molar-refractivity contribution in [3.63, 3.8) is 0 Å². The molecule has 3 heterocycles. The number of rotatable bonds is 7. The zero-order chi connectivity index (χ0) is 18.6. The Morgan fingerprint density at radius 1 is 1.29 bits per heavy atom. The number of hydrogen-bond donors (Lipinski definition) is 2. The first-order valence-corrected chi connectivity index (χ1v) is 10.3. The molecular formula is C20H32IN7. The van der Waals surface area contributed by atoms with Gasteiger partial charge in [-0.3, -0.25) is 14.3 Å². The van der Waals surface area contributed by atoms with Gasteiger partial charge in [-0.05, 0) is 51.7 Å². The second kappa shape index (κ2) is 9.87. The minimum Gasteiger partial charge on any atom is -0.357 e. The first-order valence-electron chi connectivity index (χ1n) is 10.3. The van der Waals surface area contributed by atoms with E-state index < -0.39 is 0 Å². The zero-order valence-corrected chi connectivity index (χ0v) is 19.2. The number of halogens is 1. The van der Waals surface area contributed by atoms with Crippen molar-refractivity contribution in [2.75, 3.05) is 19.6 Å². The molecule has 0 bridgehead atoms. The van der Waals surface area contributed by atoms with Crippen LogP contribution in [0.15, 0.2) is 29.4 Å². The Morgan fingerprint density at radius 2 is 2.14 bits per heavy atom. The summed E-state index contributed by atoms with van der Waals surface area (Å²) in [6.45, 7) is 7.28. The fourth-order valence-corrected chi connectivity index (χ4v) is 4.08. The van der Waals surface area contributed by atoms with E-state index in [1.54, 1.807) is 0 Å². The number of nitrogens with one attached hydrogen (secondary N) is 2. The largest absolute Gasteiger partial charge is 0.357 e. The van der Waals surface area contributed by atoms with Crippen LogP contribution in [-0.2, 0) is 6.42 Å². The Kier molecular flexibility index (Phi) is 7.50. The van der Waals surface area contributed by atoms with Gasteiger partial charge in [0, 0.05) is 50.4 Å². The average Bonchev–Trinajstić information content (AvgIpc) is 3.33. The predicted molar refractivity (Wildman–Crippen MR) is 123 cm³/mol. The summed E-state index contributed by atoms with van der Waals surface area (Å²) in [6, 6.07) is 8.00. The summed E-state index contributed by atoms with van der Waals surface area (Å²) in [7, 11) is 0. The highest BCUT2D eigenvalue weighted by Gasteiger charge is 2.38. The first kappa shape index (κ1) is 21.3. The highest BCUT2D eigenvalue weighted by atomic mass is 127. The summed E-state index contributed by atoms with van der Waals surface area (Å²) in [5, 5.41) is 15.6. The van der Waals surface area contributed by atoms with Crippen molar-refractivity contribution < 1.29 is 0 Å². The van der Waals surface area contributed by atoms with Crippen molar-refractivity contribution in [3.05, 3.63) is 30.2 Å². The van der Waals surface area contributed by atoms with Crippen LogP contribution >= 0.6 is 24.0 Å². The SMILES string of the molecule is CCNC(=NCCCc1nnc2ccccn12)NC1CC(C)N(C2CC2)C1.I. The molecule has 28 heavy (non-hydrogen) atoms. The van der Waals surface area contributed by atoms with Crippen LogP contribution in [0.25, 0.3) is 5.65 Å². The van der Waals surface area contributed by atoms with Gasteiger partial charge in [0.1, 0.15) is 5.82 Å². The van der Waals surface area contributed by atoms with Crippen LogP contribution in [0.4, 0.5) is 0 Å². The third kappa shape index (κ3) is 5.14. The average molecular weight is 497 g/mol. The second-order valence-corrected chi connectivity index (χ2v) is 7.76. The van der Waals surface area contributed by atoms with Gasteiger partial charge in [-0.2, -0.15) is 0 Å². The topological polar surface area (TPSA) is 69.8 Å². The predicted octanol–water partition coefficient (Wildman–Crippen LogP) is 2.46. The normalized spacial score (nSPS) is 23.0. The number of likely N-dealkylation sites (tertiary alicyclic amines) is 1. The summed E-state index contributed by atoms with van der Waals surface area (Å²) >= 11 is 0. The summed E-state index contributed by atoms with van der Waals surface area (Å²) in [6.07, 6.45) is 7.82. The Morgan fingerprint density at radius 3 is 2.93 bits per heavy atom. The molecule has 1 saturated heterocycles. The molecule has 0 radical (unpaired) electrons. The monoisotopic (exact) mass is 497 g/mol. The Bertz CT molecular complexity index is 786. The van der Waals surface area contributed by atoms with Crippen molar-refractivity contribution in [1.29, 1.82) is 0 Å². The van der Waals surface area contributed by atoms with Crippen LogP contribution in [0.1, 0.15) is 45.4 Å². The number of guanidine groups is 1. The van der Waals surface area contributed by atoms with Crippen LogP contribution in [0.3, 0.4) is 0 Å². The quantitative estimate of drug-likeness (QED) is 0.266. The molecule has 0 amide bonds. The van der Waals surface area contributed by atoms with Crippen LogP contribution in [0, 0.1) is 0 Å². The van der Waals surface area contributed by atoms with E-state index in [4.69, 9.17) is 4.99 Å². The van der Waals surface area contributed by atoms with Gasteiger partial charge in [0.15, 0.2) is 11.6 Å². The zero-order valence-electron chi connectivity index (χ0n) is 16.8. The number of aryl methyl sites for hydroxylation is 1. The molecule has 2 aromatic rings. The van der Waals surface area contributed by atoms with E-state index in [-0.39, 0.29) is 24.0 Å². The fourth-order valence-electron chi connectivity index (χ4n) is 4.08. The van der Waals surface area contributed by atoms with E-state index >= 15 is 0 Å². The third-order valence-corrected chi connectivity index (χ3v) is 5.54. The van der Waals surface area contributed by atoms with Gasteiger partial charge >= 0.3 is 0 Å². The standard InChI is InChI=1S/C20H31N7.HI/c1-3-21-20(23-16-13-15(2)27(14-16)17-9-10-17)22-11-6-8-19-25-24-18-7-4-5-12-26(18)19;/h4-5,7,12,15-17H,3,6,8-11,13-14H2,1-2H3,(H2,21,22,23);1H. The summed E-state index contributed by atoms with van der Waals surface area (Å²) < 4.78 is 2.06. The molecule has 2 aromatic heterocycles. The van der Waals surface area contributed by atoms with Crippen LogP contribution in [-0.4, -0.2) is 63.2 Å². The molecule has 1 aliphatic carbocycles. The molecule has 8 heteroatoms. The lowest BCUT2D eigenvalue weighted by Gasteiger charge is -2.20. The van der Waals surface area contributed by atoms with E-state index in [0.29, 0.717) is 12.1 Å². The lowest BCUT2D eigenvalue weighted by Crippen LogP contribution is -2.44. The summed E-state index contributed by atoms with van der Waals surface area (Å²) in [5.74, 6) is 1.95. The lowest BCUT2D eigenvalue weighted by atomic mass is 10.2. The second-order valence-electron chi connectivity index (χ2n) is 7.76. The molecule has 4 rings (SSSR count). The molecule has 2 unspecified atom stereocenters. The fraction of sp³-hybridized carbons (Fsp3) is 0.650. The molecule has 2 fully saturated rings. The maximum atomic E-state index is 4.79. The molecule has 2 atom stereocenters. The summed E-state index contributed by atoms with van der Waals surface area (Å²) in [5.41, 5.74) is 0.904. The molecule has 0 aromatic carbocycles. The molecule has 2 aliphatic rings. The van der Waals surface area contributed by atoms with E-state index in [9.17, 15) is 0 Å². The number of hydrogen-bond acceptors (Lipinski definition) is 4. The van der Waals surface area contributed by atoms with E-state index in [1.807, 2.05) is 24.4 Å². The minimum atomic E-state index is 0. The molecule has 154 valence electrons. The molecule has 1 saturated carbocycles. The van der Waals surface area contributed by atoms with Crippen LogP contribution in [0.2, 0.25) is 0 Å². The Hall–Kier alpha value is -1.42. The van der Waals surface area contributed by atoms with Crippen molar-refractivity contribution in [3.8, 4) is 0 Å². The number of aliphatic imine (C=N–C) groups is 1. The maximum Gasteiger partial charge on any atom is 0.191 e. The summed E-state index contributed by atoms with van der Waals surface area (Å²) in [4.78, 5) is 7.45. The highest BCUT2D eigenvalue weighted by molar-refractivity contribution is 14.0. The van der Waals surface area contributed by atoms with Gasteiger partial charge in [0.25, 0.3) is 0 Å². The highest BCUT2D eigenvalue weighted by Crippen LogP contribution is 2.33. The van der Waals surface area contributed by atoms with Gasteiger partial charge in [-0.25, -0.2) is 0 Å². The Balaban J connectivity index is 0.00000225. The van der Waals surface area contributed by atoms with Gasteiger partial charge in [0.2, 0.25) is 0 Å². The van der Waals surface area contributed by atoms with Gasteiger partial charge in [-0.15, -0.1) is 34.2 Å². The van der Waals surface area contributed by atoms with Crippen LogP contribution in [0.5, 0.6) is 0 Å². The van der Waals surface area contributed by atoms with Gasteiger partial charge < -0.3 is 10.6 Å². The molecule has 0 spiro atoms.